The number of fused-ring (bicyclic) bond motifs is 1. The van der Waals surface area contributed by atoms with Crippen molar-refractivity contribution in [2.24, 2.45) is 7.05 Å². The lowest BCUT2D eigenvalue weighted by molar-refractivity contribution is 0.255. The Morgan fingerprint density at radius 1 is 0.781 bits per heavy atom. The monoisotopic (exact) mass is 468 g/mol. The van der Waals surface area contributed by atoms with Gasteiger partial charge >= 0.3 is 0 Å². The first kappa shape index (κ1) is 23.4. The molecule has 0 aliphatic carbocycles. The lowest BCUT2D eigenvalue weighted by Crippen LogP contribution is -2.29. The zero-order valence-electron chi connectivity index (χ0n) is 19.0. The van der Waals surface area contributed by atoms with Gasteiger partial charge in [-0.2, -0.15) is 0 Å². The number of imidazole rings is 1. The standard InChI is InChI=1S/C24H32N6S2/c1-28-20-25-22-21(28)23(31-18-10-8-16-29-12-4-2-5-13-29)27-24(26-22)32-19-11-9-17-30-14-6-3-7-15-30/h20H,2-7,12-19H2,1H3. The molecule has 2 aliphatic heterocycles. The molecule has 0 N–H and O–H groups in total. The van der Waals surface area contributed by atoms with Crippen LogP contribution in [-0.4, -0.2) is 80.1 Å². The minimum absolute atomic E-state index is 0.700. The topological polar surface area (TPSA) is 50.1 Å². The summed E-state index contributed by atoms with van der Waals surface area (Å²) in [6.07, 6.45) is 9.74. The predicted octanol–water partition coefficient (Wildman–Crippen LogP) is 3.53. The third-order valence-corrected chi connectivity index (χ3v) is 7.40. The fraction of sp³-hybridized carbons (Fsp3) is 0.625. The van der Waals surface area contributed by atoms with Crippen LogP contribution in [0.15, 0.2) is 16.5 Å². The smallest absolute Gasteiger partial charge is 0.191 e. The molecule has 0 bridgehead atoms. The van der Waals surface area contributed by atoms with Crippen molar-refractivity contribution in [1.82, 2.24) is 29.3 Å². The summed E-state index contributed by atoms with van der Waals surface area (Å²) in [6.45, 7) is 6.49. The zero-order valence-corrected chi connectivity index (χ0v) is 20.6. The second-order valence-corrected chi connectivity index (χ2v) is 10.2. The van der Waals surface area contributed by atoms with Gasteiger partial charge in [0.1, 0.15) is 10.5 Å². The summed E-state index contributed by atoms with van der Waals surface area (Å²) >= 11 is 3.26. The number of hydrogen-bond donors (Lipinski definition) is 0. The van der Waals surface area contributed by atoms with Crippen LogP contribution in [0.4, 0.5) is 0 Å². The summed E-state index contributed by atoms with van der Waals surface area (Å²) in [5.41, 5.74) is 1.73. The normalized spacial score (nSPS) is 17.5. The highest BCUT2D eigenvalue weighted by atomic mass is 32.2. The van der Waals surface area contributed by atoms with Gasteiger partial charge in [-0.15, -0.1) is 0 Å². The van der Waals surface area contributed by atoms with Crippen molar-refractivity contribution in [2.75, 3.05) is 50.8 Å². The number of aromatic nitrogens is 4. The highest BCUT2D eigenvalue weighted by Crippen LogP contribution is 2.27. The van der Waals surface area contributed by atoms with Gasteiger partial charge in [0.25, 0.3) is 0 Å². The Kier molecular flexibility index (Phi) is 9.17. The van der Waals surface area contributed by atoms with E-state index in [1.165, 1.54) is 64.7 Å². The Morgan fingerprint density at radius 3 is 2.00 bits per heavy atom. The van der Waals surface area contributed by atoms with E-state index in [1.807, 2.05) is 11.6 Å². The van der Waals surface area contributed by atoms with Gasteiger partial charge in [0.2, 0.25) is 0 Å². The summed E-state index contributed by atoms with van der Waals surface area (Å²) in [5, 5.41) is 1.69. The molecule has 6 nitrogen and oxygen atoms in total. The maximum Gasteiger partial charge on any atom is 0.191 e. The fourth-order valence-electron chi connectivity index (χ4n) is 4.04. The SMILES string of the molecule is Cn1cnc2nc(SCC#CCN3CCCCC3)nc(SCC#CCN3CCCCC3)c21. The van der Waals surface area contributed by atoms with E-state index < -0.39 is 0 Å². The molecule has 0 spiro atoms. The molecule has 32 heavy (non-hydrogen) atoms. The number of hydrogen-bond acceptors (Lipinski definition) is 7. The van der Waals surface area contributed by atoms with Crippen LogP contribution in [0.25, 0.3) is 11.2 Å². The van der Waals surface area contributed by atoms with E-state index in [0.717, 1.165) is 40.2 Å². The van der Waals surface area contributed by atoms with Gasteiger partial charge in [-0.1, -0.05) is 60.0 Å². The van der Waals surface area contributed by atoms with Gasteiger partial charge in [-0.3, -0.25) is 9.80 Å². The van der Waals surface area contributed by atoms with Crippen LogP contribution in [0.3, 0.4) is 0 Å². The van der Waals surface area contributed by atoms with Crippen molar-refractivity contribution in [3.63, 3.8) is 0 Å². The lowest BCUT2D eigenvalue weighted by Gasteiger charge is -2.23. The van der Waals surface area contributed by atoms with E-state index in [2.05, 4.69) is 43.4 Å². The summed E-state index contributed by atoms with van der Waals surface area (Å²) < 4.78 is 1.99. The first-order valence-corrected chi connectivity index (χ1v) is 13.6. The van der Waals surface area contributed by atoms with Crippen LogP contribution in [0, 0.1) is 23.7 Å². The number of nitrogens with zero attached hydrogens (tertiary/aromatic N) is 6. The maximum atomic E-state index is 4.81. The minimum Gasteiger partial charge on any atom is -0.330 e. The van der Waals surface area contributed by atoms with Crippen LogP contribution in [0.5, 0.6) is 0 Å². The molecule has 4 heterocycles. The average molecular weight is 469 g/mol. The lowest BCUT2D eigenvalue weighted by atomic mass is 10.1. The zero-order chi connectivity index (χ0) is 22.0. The third kappa shape index (κ3) is 6.89. The van der Waals surface area contributed by atoms with E-state index in [9.17, 15) is 0 Å². The molecule has 2 fully saturated rings. The molecular formula is C24H32N6S2. The highest BCUT2D eigenvalue weighted by molar-refractivity contribution is 8.00. The first-order chi connectivity index (χ1) is 15.8. The average Bonchev–Trinajstić information content (AvgIpc) is 3.20. The Morgan fingerprint density at radius 2 is 1.38 bits per heavy atom. The number of thioether (sulfide) groups is 2. The van der Waals surface area contributed by atoms with Gasteiger partial charge in [-0.25, -0.2) is 15.0 Å². The third-order valence-electron chi connectivity index (χ3n) is 5.83. The predicted molar refractivity (Wildman–Crippen MR) is 134 cm³/mol. The summed E-state index contributed by atoms with van der Waals surface area (Å²) in [5.74, 6) is 14.7. The molecule has 0 unspecified atom stereocenters. The molecule has 2 aliphatic rings. The number of aryl methyl sites for hydroxylation is 1. The first-order valence-electron chi connectivity index (χ1n) is 11.6. The van der Waals surface area contributed by atoms with Gasteiger partial charge in [0.05, 0.1) is 30.9 Å². The van der Waals surface area contributed by atoms with E-state index in [-0.39, 0.29) is 0 Å². The Hall–Kier alpha value is -1.71. The molecule has 0 saturated carbocycles. The minimum atomic E-state index is 0.700. The van der Waals surface area contributed by atoms with Crippen molar-refractivity contribution < 1.29 is 0 Å². The van der Waals surface area contributed by atoms with Gasteiger partial charge < -0.3 is 4.57 Å². The molecule has 8 heteroatoms. The van der Waals surface area contributed by atoms with Crippen molar-refractivity contribution >= 4 is 34.7 Å². The quantitative estimate of drug-likeness (QED) is 0.278. The summed E-state index contributed by atoms with van der Waals surface area (Å²) in [6, 6.07) is 0. The van der Waals surface area contributed by atoms with Crippen molar-refractivity contribution in [2.45, 2.75) is 48.7 Å². The molecule has 0 atom stereocenters. The van der Waals surface area contributed by atoms with Crippen LogP contribution < -0.4 is 0 Å². The molecule has 4 rings (SSSR count). The number of likely N-dealkylation sites (tertiary alicyclic amines) is 2. The van der Waals surface area contributed by atoms with E-state index in [4.69, 9.17) is 4.98 Å². The van der Waals surface area contributed by atoms with Crippen molar-refractivity contribution in [1.29, 1.82) is 0 Å². The second-order valence-electron chi connectivity index (χ2n) is 8.30. The van der Waals surface area contributed by atoms with Gasteiger partial charge in [0, 0.05) is 7.05 Å². The summed E-state index contributed by atoms with van der Waals surface area (Å²) in [7, 11) is 1.99. The molecule has 2 aromatic heterocycles. The molecule has 0 radical (unpaired) electrons. The molecule has 170 valence electrons. The summed E-state index contributed by atoms with van der Waals surface area (Å²) in [4.78, 5) is 18.8. The molecule has 0 amide bonds. The molecule has 2 saturated heterocycles. The molecule has 2 aromatic rings. The highest BCUT2D eigenvalue weighted by Gasteiger charge is 2.13. The van der Waals surface area contributed by atoms with Crippen LogP contribution in [-0.2, 0) is 7.05 Å². The number of piperidine rings is 2. The number of rotatable bonds is 6. The Balaban J connectivity index is 1.32. The Labute approximate surface area is 200 Å². The Bertz CT molecular complexity index is 1000. The van der Waals surface area contributed by atoms with Gasteiger partial charge in [0.15, 0.2) is 10.8 Å². The van der Waals surface area contributed by atoms with Crippen LogP contribution in [0.2, 0.25) is 0 Å². The second kappa shape index (κ2) is 12.5. The van der Waals surface area contributed by atoms with Crippen molar-refractivity contribution in [3.05, 3.63) is 6.33 Å². The maximum absolute atomic E-state index is 4.81. The van der Waals surface area contributed by atoms with E-state index in [0.29, 0.717) is 5.75 Å². The van der Waals surface area contributed by atoms with Crippen LogP contribution in [0.1, 0.15) is 38.5 Å². The van der Waals surface area contributed by atoms with Crippen molar-refractivity contribution in [3.8, 4) is 23.7 Å². The fourth-order valence-corrected chi connectivity index (χ4v) is 5.55. The largest absolute Gasteiger partial charge is 0.330 e. The molecule has 0 aromatic carbocycles. The van der Waals surface area contributed by atoms with Gasteiger partial charge in [-0.05, 0) is 51.9 Å². The van der Waals surface area contributed by atoms with Crippen LogP contribution >= 0.6 is 23.5 Å². The molecular weight excluding hydrogens is 436 g/mol. The van der Waals surface area contributed by atoms with E-state index in [1.54, 1.807) is 29.9 Å². The van der Waals surface area contributed by atoms with E-state index >= 15 is 0 Å².